The third-order valence-corrected chi connectivity index (χ3v) is 5.50. The fraction of sp³-hybridized carbons (Fsp3) is 0.148. The molecule has 0 unspecified atom stereocenters. The zero-order chi connectivity index (χ0) is 24.5. The van der Waals surface area contributed by atoms with Crippen molar-refractivity contribution in [3.8, 4) is 28.1 Å². The molecule has 1 aromatic heterocycles. The second-order valence-electron chi connectivity index (χ2n) is 8.23. The maximum atomic E-state index is 13.5. The van der Waals surface area contributed by atoms with Gasteiger partial charge in [0.05, 0.1) is 17.8 Å². The number of halogens is 3. The average Bonchev–Trinajstić information content (AvgIpc) is 3.25. The number of carbonyl (C=O) groups is 1. The quantitative estimate of drug-likeness (QED) is 0.363. The molecule has 4 aromatic rings. The van der Waals surface area contributed by atoms with Crippen molar-refractivity contribution in [1.29, 1.82) is 0 Å². The normalized spacial score (nSPS) is 11.5. The van der Waals surface area contributed by atoms with Crippen LogP contribution in [0.15, 0.2) is 79.0 Å². The largest absolute Gasteiger partial charge is 0.417 e. The minimum Gasteiger partial charge on any atom is -0.325 e. The molecule has 0 aliphatic heterocycles. The molecule has 34 heavy (non-hydrogen) atoms. The Kier molecular flexibility index (Phi) is 6.30. The number of nitrogens with two attached hydrogens (primary N) is 1. The van der Waals surface area contributed by atoms with Gasteiger partial charge in [0.25, 0.3) is 0 Å². The van der Waals surface area contributed by atoms with Crippen LogP contribution in [0.4, 0.5) is 18.9 Å². The van der Waals surface area contributed by atoms with Gasteiger partial charge in [0.2, 0.25) is 5.91 Å². The molecule has 0 radical (unpaired) electrons. The number of hydrogen-bond acceptors (Lipinski definition) is 2. The Labute approximate surface area is 195 Å². The number of aryl methyl sites for hydroxylation is 2. The van der Waals surface area contributed by atoms with Crippen molar-refractivity contribution in [1.82, 2.24) is 4.57 Å². The van der Waals surface area contributed by atoms with E-state index in [1.54, 1.807) is 24.3 Å². The van der Waals surface area contributed by atoms with Crippen LogP contribution in [0.2, 0.25) is 0 Å². The maximum Gasteiger partial charge on any atom is 0.417 e. The van der Waals surface area contributed by atoms with Gasteiger partial charge in [-0.3, -0.25) is 4.79 Å². The number of carbonyl (C=O) groups excluding carboxylic acids is 1. The van der Waals surface area contributed by atoms with Crippen LogP contribution in [0.5, 0.6) is 0 Å². The van der Waals surface area contributed by atoms with E-state index in [9.17, 15) is 18.0 Å². The fourth-order valence-electron chi connectivity index (χ4n) is 3.95. The molecule has 0 aliphatic rings. The number of hydrogen-bond donors (Lipinski definition) is 2. The molecule has 1 amide bonds. The first kappa shape index (κ1) is 23.3. The second-order valence-corrected chi connectivity index (χ2v) is 8.23. The number of anilines is 1. The molecule has 3 N–H and O–H groups in total. The predicted octanol–water partition coefficient (Wildman–Crippen LogP) is 6.34. The molecule has 4 nitrogen and oxygen atoms in total. The van der Waals surface area contributed by atoms with Crippen LogP contribution in [0.1, 0.15) is 16.7 Å². The molecule has 0 saturated heterocycles. The second kappa shape index (κ2) is 9.19. The molecule has 0 spiro atoms. The first-order valence-electron chi connectivity index (χ1n) is 10.7. The Morgan fingerprint density at radius 1 is 0.853 bits per heavy atom. The summed E-state index contributed by atoms with van der Waals surface area (Å²) < 4.78 is 42.1. The van der Waals surface area contributed by atoms with Gasteiger partial charge >= 0.3 is 6.18 Å². The van der Waals surface area contributed by atoms with Gasteiger partial charge in [0, 0.05) is 17.6 Å². The Bertz CT molecular complexity index is 1300. The SMILES string of the molecule is Cc1cc(C)cc(-c2ccc(-c3cc(C(F)(F)F)cn3-c3ccc(NC(=O)CN)cc3)cc2)c1. The number of benzene rings is 3. The molecule has 0 saturated carbocycles. The van der Waals surface area contributed by atoms with E-state index < -0.39 is 11.7 Å². The Morgan fingerprint density at radius 2 is 1.44 bits per heavy atom. The summed E-state index contributed by atoms with van der Waals surface area (Å²) in [6.07, 6.45) is -3.39. The van der Waals surface area contributed by atoms with Crippen molar-refractivity contribution in [2.75, 3.05) is 11.9 Å². The predicted molar refractivity (Wildman–Crippen MR) is 129 cm³/mol. The molecule has 4 rings (SSSR count). The van der Waals surface area contributed by atoms with E-state index in [0.717, 1.165) is 34.5 Å². The van der Waals surface area contributed by atoms with Gasteiger partial charge in [0.1, 0.15) is 0 Å². The number of aromatic nitrogens is 1. The van der Waals surface area contributed by atoms with Crippen molar-refractivity contribution in [2.45, 2.75) is 20.0 Å². The van der Waals surface area contributed by atoms with Gasteiger partial charge in [-0.05, 0) is 60.9 Å². The number of alkyl halides is 3. The first-order chi connectivity index (χ1) is 16.1. The zero-order valence-electron chi connectivity index (χ0n) is 18.8. The molecular formula is C27H24F3N3O. The van der Waals surface area contributed by atoms with Crippen LogP contribution in [0.3, 0.4) is 0 Å². The summed E-state index contributed by atoms with van der Waals surface area (Å²) in [7, 11) is 0. The molecule has 7 heteroatoms. The van der Waals surface area contributed by atoms with E-state index >= 15 is 0 Å². The van der Waals surface area contributed by atoms with Crippen LogP contribution in [0.25, 0.3) is 28.1 Å². The number of nitrogens with zero attached hydrogens (tertiary/aromatic N) is 1. The summed E-state index contributed by atoms with van der Waals surface area (Å²) in [5.41, 5.74) is 11.0. The first-order valence-corrected chi connectivity index (χ1v) is 10.7. The molecular weight excluding hydrogens is 439 g/mol. The number of rotatable bonds is 5. The molecule has 174 valence electrons. The Balaban J connectivity index is 1.73. The summed E-state index contributed by atoms with van der Waals surface area (Å²) in [4.78, 5) is 11.5. The fourth-order valence-corrected chi connectivity index (χ4v) is 3.95. The van der Waals surface area contributed by atoms with Crippen LogP contribution in [-0.2, 0) is 11.0 Å². The molecule has 1 heterocycles. The lowest BCUT2D eigenvalue weighted by Crippen LogP contribution is -2.21. The Hall–Kier alpha value is -3.84. The van der Waals surface area contributed by atoms with Crippen molar-refractivity contribution in [2.24, 2.45) is 5.73 Å². The topological polar surface area (TPSA) is 60.0 Å². The van der Waals surface area contributed by atoms with E-state index in [-0.39, 0.29) is 12.5 Å². The lowest BCUT2D eigenvalue weighted by atomic mass is 9.99. The third kappa shape index (κ3) is 5.05. The van der Waals surface area contributed by atoms with E-state index in [1.165, 1.54) is 4.57 Å². The summed E-state index contributed by atoms with van der Waals surface area (Å²) >= 11 is 0. The van der Waals surface area contributed by atoms with Gasteiger partial charge in [-0.1, -0.05) is 53.6 Å². The lowest BCUT2D eigenvalue weighted by Gasteiger charge is -2.12. The van der Waals surface area contributed by atoms with Crippen molar-refractivity contribution in [3.63, 3.8) is 0 Å². The highest BCUT2D eigenvalue weighted by Gasteiger charge is 2.33. The summed E-state index contributed by atoms with van der Waals surface area (Å²) in [6.45, 7) is 3.91. The van der Waals surface area contributed by atoms with Crippen molar-refractivity contribution >= 4 is 11.6 Å². The summed E-state index contributed by atoms with van der Waals surface area (Å²) in [5, 5.41) is 2.62. The minimum absolute atomic E-state index is 0.156. The van der Waals surface area contributed by atoms with E-state index in [1.807, 2.05) is 38.1 Å². The highest BCUT2D eigenvalue weighted by molar-refractivity contribution is 5.92. The zero-order valence-corrected chi connectivity index (χ0v) is 18.8. The summed E-state index contributed by atoms with van der Waals surface area (Å²) in [6, 6.07) is 21.5. The van der Waals surface area contributed by atoms with Crippen LogP contribution in [0, 0.1) is 13.8 Å². The van der Waals surface area contributed by atoms with Crippen molar-refractivity contribution < 1.29 is 18.0 Å². The molecule has 3 aromatic carbocycles. The molecule has 0 atom stereocenters. The van der Waals surface area contributed by atoms with E-state index in [0.29, 0.717) is 22.6 Å². The van der Waals surface area contributed by atoms with E-state index in [2.05, 4.69) is 23.5 Å². The van der Waals surface area contributed by atoms with Crippen LogP contribution >= 0.6 is 0 Å². The van der Waals surface area contributed by atoms with E-state index in [4.69, 9.17) is 5.73 Å². The minimum atomic E-state index is -4.48. The van der Waals surface area contributed by atoms with Gasteiger partial charge < -0.3 is 15.6 Å². The Morgan fingerprint density at radius 3 is 2.00 bits per heavy atom. The highest BCUT2D eigenvalue weighted by atomic mass is 19.4. The van der Waals surface area contributed by atoms with Crippen LogP contribution < -0.4 is 11.1 Å². The third-order valence-electron chi connectivity index (χ3n) is 5.50. The smallest absolute Gasteiger partial charge is 0.325 e. The summed E-state index contributed by atoms with van der Waals surface area (Å²) in [5.74, 6) is -0.349. The van der Waals surface area contributed by atoms with Gasteiger partial charge in [-0.2, -0.15) is 13.2 Å². The van der Waals surface area contributed by atoms with Gasteiger partial charge in [-0.25, -0.2) is 0 Å². The number of nitrogens with one attached hydrogen (secondary N) is 1. The molecule has 0 bridgehead atoms. The van der Waals surface area contributed by atoms with Gasteiger partial charge in [0.15, 0.2) is 0 Å². The van der Waals surface area contributed by atoms with Crippen molar-refractivity contribution in [3.05, 3.63) is 95.7 Å². The van der Waals surface area contributed by atoms with Crippen LogP contribution in [-0.4, -0.2) is 17.0 Å². The maximum absolute atomic E-state index is 13.5. The number of amides is 1. The highest BCUT2D eigenvalue weighted by Crippen LogP contribution is 2.36. The monoisotopic (exact) mass is 463 g/mol. The standard InChI is InChI=1S/C27H24F3N3O/c1-17-11-18(2)13-21(12-17)19-3-5-20(6-4-19)25-14-22(27(28,29)30)16-33(25)24-9-7-23(8-10-24)32-26(34)15-31/h3-14,16H,15,31H2,1-2H3,(H,32,34). The molecule has 0 fully saturated rings. The van der Waals surface area contributed by atoms with Gasteiger partial charge in [-0.15, -0.1) is 0 Å². The average molecular weight is 464 g/mol. The molecule has 0 aliphatic carbocycles. The lowest BCUT2D eigenvalue weighted by molar-refractivity contribution is -0.137.